The first-order valence-corrected chi connectivity index (χ1v) is 14.7. The maximum atomic E-state index is 15.4. The van der Waals surface area contributed by atoms with Crippen LogP contribution in [0.1, 0.15) is 34.2 Å². The number of pyridine rings is 2. The van der Waals surface area contributed by atoms with Crippen molar-refractivity contribution in [3.63, 3.8) is 0 Å². The van der Waals surface area contributed by atoms with Crippen molar-refractivity contribution in [2.45, 2.75) is 39.5 Å². The molecule has 0 fully saturated rings. The van der Waals surface area contributed by atoms with Gasteiger partial charge in [0, 0.05) is 59.5 Å². The highest BCUT2D eigenvalue weighted by molar-refractivity contribution is 9.10. The molecule has 1 aliphatic rings. The SMILES string of the molecule is Cc1c(Br)cncc1CC(Cc1cncc(-c2cc3c(cc2F)N(C)C(=O)CC3)c1C)(CS(N)(=O)=O)C(N)=O. The van der Waals surface area contributed by atoms with Crippen LogP contribution in [0, 0.1) is 25.1 Å². The number of carbonyl (C=O) groups excluding carboxylic acids is 2. The molecule has 1 atom stereocenters. The fraction of sp³-hybridized carbons (Fsp3) is 0.333. The van der Waals surface area contributed by atoms with Crippen molar-refractivity contribution in [2.24, 2.45) is 16.3 Å². The van der Waals surface area contributed by atoms with Crippen LogP contribution >= 0.6 is 15.9 Å². The number of benzene rings is 1. The molecule has 0 bridgehead atoms. The topological polar surface area (TPSA) is 149 Å². The molecule has 9 nitrogen and oxygen atoms in total. The Hall–Kier alpha value is -3.22. The van der Waals surface area contributed by atoms with Gasteiger partial charge in [-0.1, -0.05) is 0 Å². The number of primary amides is 1. The third kappa shape index (κ3) is 5.87. The van der Waals surface area contributed by atoms with Crippen LogP contribution in [-0.4, -0.2) is 43.0 Å². The zero-order valence-electron chi connectivity index (χ0n) is 21.8. The van der Waals surface area contributed by atoms with Crippen LogP contribution in [0.3, 0.4) is 0 Å². The molecule has 0 saturated carbocycles. The maximum absolute atomic E-state index is 15.4. The van der Waals surface area contributed by atoms with E-state index in [9.17, 15) is 18.0 Å². The Morgan fingerprint density at radius 3 is 2.28 bits per heavy atom. The molecule has 1 aromatic carbocycles. The van der Waals surface area contributed by atoms with Gasteiger partial charge in [0.25, 0.3) is 0 Å². The molecule has 0 saturated heterocycles. The molecule has 206 valence electrons. The van der Waals surface area contributed by atoms with Crippen molar-refractivity contribution in [1.29, 1.82) is 0 Å². The van der Waals surface area contributed by atoms with Gasteiger partial charge in [0.1, 0.15) is 5.82 Å². The number of primary sulfonamides is 1. The van der Waals surface area contributed by atoms with Crippen LogP contribution in [0.25, 0.3) is 11.1 Å². The highest BCUT2D eigenvalue weighted by atomic mass is 79.9. The van der Waals surface area contributed by atoms with Crippen molar-refractivity contribution in [3.8, 4) is 11.1 Å². The first kappa shape index (κ1) is 28.8. The number of hydrogen-bond acceptors (Lipinski definition) is 6. The molecule has 1 aliphatic heterocycles. The van der Waals surface area contributed by atoms with Crippen LogP contribution < -0.4 is 15.8 Å². The van der Waals surface area contributed by atoms with E-state index < -0.39 is 32.9 Å². The van der Waals surface area contributed by atoms with Gasteiger partial charge in [-0.3, -0.25) is 19.6 Å². The van der Waals surface area contributed by atoms with Gasteiger partial charge in [0.05, 0.1) is 11.2 Å². The van der Waals surface area contributed by atoms with Crippen LogP contribution in [0.5, 0.6) is 0 Å². The summed E-state index contributed by atoms with van der Waals surface area (Å²) in [7, 11) is -2.52. The summed E-state index contributed by atoms with van der Waals surface area (Å²) in [6.45, 7) is 3.58. The van der Waals surface area contributed by atoms with E-state index in [1.54, 1.807) is 32.4 Å². The summed E-state index contributed by atoms with van der Waals surface area (Å²) in [5.74, 6) is -2.14. The number of nitrogens with two attached hydrogens (primary N) is 2. The molecule has 3 aromatic rings. The number of nitrogens with zero attached hydrogens (tertiary/aromatic N) is 3. The van der Waals surface area contributed by atoms with Gasteiger partial charge in [-0.2, -0.15) is 0 Å². The number of anilines is 1. The summed E-state index contributed by atoms with van der Waals surface area (Å²) in [6, 6.07) is 3.05. The predicted octanol–water partition coefficient (Wildman–Crippen LogP) is 3.12. The number of aromatic nitrogens is 2. The van der Waals surface area contributed by atoms with Crippen LogP contribution in [0.4, 0.5) is 10.1 Å². The molecule has 2 amide bonds. The summed E-state index contributed by atoms with van der Waals surface area (Å²) in [5, 5.41) is 5.45. The van der Waals surface area contributed by atoms with E-state index in [0.717, 1.165) is 11.1 Å². The average Bonchev–Trinajstić information content (AvgIpc) is 2.85. The van der Waals surface area contributed by atoms with Crippen molar-refractivity contribution < 1.29 is 22.4 Å². The lowest BCUT2D eigenvalue weighted by atomic mass is 9.76. The van der Waals surface area contributed by atoms with Crippen molar-refractivity contribution in [3.05, 3.63) is 75.0 Å². The smallest absolute Gasteiger partial charge is 0.227 e. The van der Waals surface area contributed by atoms with Crippen molar-refractivity contribution in [2.75, 3.05) is 17.7 Å². The molecular weight excluding hydrogens is 589 g/mol. The second-order valence-corrected chi connectivity index (χ2v) is 12.6. The maximum Gasteiger partial charge on any atom is 0.227 e. The standard InChI is InChI=1S/C27H29BrFN5O4S/c1-15-18(8-27(26(30)36,14-39(31,37)38)9-19-11-33-13-22(28)16(19)2)10-32-12-21(15)20-6-17-4-5-25(35)34(3)24(17)7-23(20)29/h6-7,10-13H,4-5,8-9,14H2,1-3H3,(H2,30,36)(H2,31,37,38). The minimum Gasteiger partial charge on any atom is -0.369 e. The summed E-state index contributed by atoms with van der Waals surface area (Å²) in [5.41, 5.74) is 8.96. The quantitative estimate of drug-likeness (QED) is 0.396. The summed E-state index contributed by atoms with van der Waals surface area (Å²) >= 11 is 3.42. The van der Waals surface area contributed by atoms with E-state index >= 15 is 4.39 Å². The zero-order chi connectivity index (χ0) is 28.7. The zero-order valence-corrected chi connectivity index (χ0v) is 24.2. The summed E-state index contributed by atoms with van der Waals surface area (Å²) in [4.78, 5) is 35.0. The van der Waals surface area contributed by atoms with Gasteiger partial charge in [0.15, 0.2) is 0 Å². The van der Waals surface area contributed by atoms with Crippen molar-refractivity contribution >= 4 is 43.5 Å². The number of fused-ring (bicyclic) bond motifs is 1. The molecule has 0 spiro atoms. The van der Waals surface area contributed by atoms with E-state index in [-0.39, 0.29) is 18.7 Å². The van der Waals surface area contributed by atoms with Crippen LogP contribution in [-0.2, 0) is 38.9 Å². The molecule has 2 aromatic heterocycles. The second kappa shape index (κ2) is 10.7. The van der Waals surface area contributed by atoms with Gasteiger partial charge < -0.3 is 10.6 Å². The Labute approximate surface area is 235 Å². The normalized spacial score (nSPS) is 15.1. The van der Waals surface area contributed by atoms with Gasteiger partial charge in [-0.05, 0) is 89.0 Å². The third-order valence-corrected chi connectivity index (χ3v) is 9.19. The Kier molecular flexibility index (Phi) is 7.93. The third-order valence-electron chi connectivity index (χ3n) is 7.44. The van der Waals surface area contributed by atoms with Gasteiger partial charge in [-0.15, -0.1) is 0 Å². The number of amides is 2. The molecule has 0 aliphatic carbocycles. The van der Waals surface area contributed by atoms with Gasteiger partial charge >= 0.3 is 0 Å². The van der Waals surface area contributed by atoms with E-state index in [1.165, 1.54) is 23.4 Å². The lowest BCUT2D eigenvalue weighted by Crippen LogP contribution is -2.47. The molecule has 3 heterocycles. The second-order valence-electron chi connectivity index (χ2n) is 10.1. The Bertz CT molecular complexity index is 1600. The van der Waals surface area contributed by atoms with Crippen LogP contribution in [0.2, 0.25) is 0 Å². The average molecular weight is 619 g/mol. The summed E-state index contributed by atoms with van der Waals surface area (Å²) < 4.78 is 40.8. The molecule has 39 heavy (non-hydrogen) atoms. The summed E-state index contributed by atoms with van der Waals surface area (Å²) in [6.07, 6.45) is 6.89. The molecule has 1 unspecified atom stereocenters. The fourth-order valence-corrected chi connectivity index (χ4v) is 6.62. The van der Waals surface area contributed by atoms with E-state index in [0.29, 0.717) is 50.8 Å². The number of hydrogen-bond donors (Lipinski definition) is 2. The fourth-order valence-electron chi connectivity index (χ4n) is 5.13. The van der Waals surface area contributed by atoms with Gasteiger partial charge in [0.2, 0.25) is 21.8 Å². The van der Waals surface area contributed by atoms with Gasteiger partial charge in [-0.25, -0.2) is 17.9 Å². The van der Waals surface area contributed by atoms with E-state index in [2.05, 4.69) is 25.9 Å². The number of rotatable bonds is 8. The molecular formula is C27H29BrFN5O4S. The minimum atomic E-state index is -4.14. The first-order valence-electron chi connectivity index (χ1n) is 12.1. The molecule has 12 heteroatoms. The minimum absolute atomic E-state index is 0.0335. The lowest BCUT2D eigenvalue weighted by Gasteiger charge is -2.31. The number of carbonyl (C=O) groups is 2. The number of sulfonamides is 1. The Morgan fingerprint density at radius 2 is 1.67 bits per heavy atom. The molecule has 4 rings (SSSR count). The molecule has 4 N–H and O–H groups in total. The highest BCUT2D eigenvalue weighted by Crippen LogP contribution is 2.38. The number of aryl methyl sites for hydroxylation is 1. The molecule has 0 radical (unpaired) electrons. The number of halogens is 2. The van der Waals surface area contributed by atoms with Crippen molar-refractivity contribution in [1.82, 2.24) is 9.97 Å². The predicted molar refractivity (Wildman–Crippen MR) is 150 cm³/mol. The highest BCUT2D eigenvalue weighted by Gasteiger charge is 2.42. The Balaban J connectivity index is 1.82. The van der Waals surface area contributed by atoms with Crippen LogP contribution in [0.15, 0.2) is 41.4 Å². The first-order chi connectivity index (χ1) is 18.2. The van der Waals surface area contributed by atoms with E-state index in [1.807, 2.05) is 6.92 Å². The van der Waals surface area contributed by atoms with E-state index in [4.69, 9.17) is 10.9 Å². The lowest BCUT2D eigenvalue weighted by molar-refractivity contribution is -0.126. The Morgan fingerprint density at radius 1 is 1.05 bits per heavy atom. The monoisotopic (exact) mass is 617 g/mol. The largest absolute Gasteiger partial charge is 0.369 e.